The van der Waals surface area contributed by atoms with Crippen LogP contribution in [0.2, 0.25) is 0 Å². The van der Waals surface area contributed by atoms with Crippen molar-refractivity contribution in [1.29, 1.82) is 0 Å². The number of nitrogens with zero attached hydrogens (tertiary/aromatic N) is 2. The maximum absolute atomic E-state index is 13.8. The summed E-state index contributed by atoms with van der Waals surface area (Å²) < 4.78 is 52.5. The van der Waals surface area contributed by atoms with Gasteiger partial charge in [0.2, 0.25) is 15.9 Å². The van der Waals surface area contributed by atoms with Gasteiger partial charge in [0.25, 0.3) is 11.1 Å². The van der Waals surface area contributed by atoms with Crippen molar-refractivity contribution in [2.75, 3.05) is 26.7 Å². The third-order valence-corrected chi connectivity index (χ3v) is 7.34. The second kappa shape index (κ2) is 10.2. The highest BCUT2D eigenvalue weighted by Gasteiger charge is 2.35. The molecule has 1 fully saturated rings. The van der Waals surface area contributed by atoms with Gasteiger partial charge in [-0.2, -0.15) is 4.31 Å². The molecule has 33 heavy (non-hydrogen) atoms. The Morgan fingerprint density at radius 3 is 2.45 bits per heavy atom. The van der Waals surface area contributed by atoms with Crippen LogP contribution in [0.3, 0.4) is 0 Å². The van der Waals surface area contributed by atoms with E-state index in [1.807, 2.05) is 0 Å². The third kappa shape index (κ3) is 5.83. The number of likely N-dealkylation sites (N-methyl/N-ethyl adjacent to an activating group) is 1. The predicted molar refractivity (Wildman–Crippen MR) is 118 cm³/mol. The molecule has 0 unspecified atom stereocenters. The van der Waals surface area contributed by atoms with E-state index in [0.717, 1.165) is 33.5 Å². The van der Waals surface area contributed by atoms with Gasteiger partial charge in [-0.15, -0.1) is 0 Å². The minimum atomic E-state index is -4.00. The fourth-order valence-corrected chi connectivity index (χ4v) is 4.85. The summed E-state index contributed by atoms with van der Waals surface area (Å²) in [6.07, 6.45) is 1.29. The first-order chi connectivity index (χ1) is 15.6. The number of amides is 3. The number of thioether (sulfide) groups is 1. The summed E-state index contributed by atoms with van der Waals surface area (Å²) in [4.78, 5) is 37.6. The Morgan fingerprint density at radius 1 is 1.12 bits per heavy atom. The molecule has 3 rings (SSSR count). The van der Waals surface area contributed by atoms with Crippen molar-refractivity contribution < 1.29 is 31.6 Å². The highest BCUT2D eigenvalue weighted by Crippen LogP contribution is 2.32. The van der Waals surface area contributed by atoms with E-state index in [1.54, 1.807) is 6.07 Å². The minimum absolute atomic E-state index is 0.0570. The molecule has 1 N–H and O–H groups in total. The molecule has 1 aliphatic rings. The van der Waals surface area contributed by atoms with E-state index in [0.29, 0.717) is 11.8 Å². The largest absolute Gasteiger partial charge is 0.353 e. The number of carbonyl (C=O) groups excluding carboxylic acids is 3. The van der Waals surface area contributed by atoms with E-state index in [9.17, 15) is 31.6 Å². The standard InChI is InChI=1S/C21H19F2N3O5S2/c1-25(33(30,31)16-8-6-15(22)7-9-16)13-19(27)24-10-11-26-20(28)18(32-21(26)29)12-14-4-2-3-5-17(14)23/h2-9,12H,10-11,13H2,1H3,(H,24,27)/b18-12-. The maximum atomic E-state index is 13.8. The quantitative estimate of drug-likeness (QED) is 0.565. The van der Waals surface area contributed by atoms with Gasteiger partial charge in [0.15, 0.2) is 0 Å². The molecule has 1 saturated heterocycles. The first-order valence-electron chi connectivity index (χ1n) is 9.58. The van der Waals surface area contributed by atoms with Gasteiger partial charge in [0.1, 0.15) is 11.6 Å². The van der Waals surface area contributed by atoms with Crippen LogP contribution in [0.5, 0.6) is 0 Å². The van der Waals surface area contributed by atoms with Gasteiger partial charge in [-0.1, -0.05) is 18.2 Å². The van der Waals surface area contributed by atoms with E-state index < -0.39 is 45.3 Å². The summed E-state index contributed by atoms with van der Waals surface area (Å²) >= 11 is 0.662. The number of sulfonamides is 1. The number of nitrogens with one attached hydrogen (secondary N) is 1. The predicted octanol–water partition coefficient (Wildman–Crippen LogP) is 2.44. The number of hydrogen-bond acceptors (Lipinski definition) is 6. The van der Waals surface area contributed by atoms with Crippen LogP contribution in [0, 0.1) is 11.6 Å². The van der Waals surface area contributed by atoms with Gasteiger partial charge in [0.05, 0.1) is 16.3 Å². The minimum Gasteiger partial charge on any atom is -0.353 e. The zero-order valence-electron chi connectivity index (χ0n) is 17.3. The summed E-state index contributed by atoms with van der Waals surface area (Å²) in [7, 11) is -2.81. The number of carbonyl (C=O) groups is 3. The Hall–Kier alpha value is -3.09. The molecular weight excluding hydrogens is 476 g/mol. The number of benzene rings is 2. The van der Waals surface area contributed by atoms with Gasteiger partial charge >= 0.3 is 0 Å². The third-order valence-electron chi connectivity index (χ3n) is 4.61. The summed E-state index contributed by atoms with van der Waals surface area (Å²) in [5, 5.41) is 1.89. The molecule has 8 nitrogen and oxygen atoms in total. The van der Waals surface area contributed by atoms with Crippen LogP contribution in [0.25, 0.3) is 6.08 Å². The van der Waals surface area contributed by atoms with E-state index >= 15 is 0 Å². The van der Waals surface area contributed by atoms with Crippen LogP contribution in [0.4, 0.5) is 13.6 Å². The molecule has 1 heterocycles. The van der Waals surface area contributed by atoms with Crippen molar-refractivity contribution in [2.24, 2.45) is 0 Å². The Labute approximate surface area is 193 Å². The van der Waals surface area contributed by atoms with Crippen molar-refractivity contribution in [2.45, 2.75) is 4.90 Å². The van der Waals surface area contributed by atoms with E-state index in [4.69, 9.17) is 0 Å². The van der Waals surface area contributed by atoms with Crippen LogP contribution in [0.15, 0.2) is 58.3 Å². The molecule has 1 aliphatic heterocycles. The maximum Gasteiger partial charge on any atom is 0.293 e. The Morgan fingerprint density at radius 2 is 1.79 bits per heavy atom. The lowest BCUT2D eigenvalue weighted by molar-refractivity contribution is -0.124. The van der Waals surface area contributed by atoms with Crippen molar-refractivity contribution in [3.8, 4) is 0 Å². The molecular formula is C21H19F2N3O5S2. The molecule has 3 amide bonds. The lowest BCUT2D eigenvalue weighted by Gasteiger charge is -2.18. The Kier molecular flexibility index (Phi) is 7.61. The highest BCUT2D eigenvalue weighted by atomic mass is 32.2. The summed E-state index contributed by atoms with van der Waals surface area (Å²) in [5.41, 5.74) is 0.168. The van der Waals surface area contributed by atoms with Gasteiger partial charge in [0, 0.05) is 25.7 Å². The molecule has 0 spiro atoms. The van der Waals surface area contributed by atoms with Crippen LogP contribution >= 0.6 is 11.8 Å². The first-order valence-corrected chi connectivity index (χ1v) is 11.8. The SMILES string of the molecule is CN(CC(=O)NCCN1C(=O)S/C(=C\c2ccccc2F)C1=O)S(=O)(=O)c1ccc(F)cc1. The normalized spacial score (nSPS) is 15.5. The molecule has 0 radical (unpaired) electrons. The molecule has 0 bridgehead atoms. The second-order valence-corrected chi connectivity index (χ2v) is 9.96. The van der Waals surface area contributed by atoms with Crippen molar-refractivity contribution in [3.05, 3.63) is 70.6 Å². The average molecular weight is 496 g/mol. The molecule has 2 aromatic rings. The smallest absolute Gasteiger partial charge is 0.293 e. The van der Waals surface area contributed by atoms with Gasteiger partial charge < -0.3 is 5.32 Å². The van der Waals surface area contributed by atoms with Crippen LogP contribution < -0.4 is 5.32 Å². The number of hydrogen-bond donors (Lipinski definition) is 1. The second-order valence-electron chi connectivity index (χ2n) is 6.92. The van der Waals surface area contributed by atoms with Crippen LogP contribution in [0.1, 0.15) is 5.56 Å². The van der Waals surface area contributed by atoms with Gasteiger partial charge in [-0.05, 0) is 48.2 Å². The highest BCUT2D eigenvalue weighted by molar-refractivity contribution is 8.18. The fourth-order valence-electron chi connectivity index (χ4n) is 2.86. The van der Waals surface area contributed by atoms with Gasteiger partial charge in [-0.3, -0.25) is 19.3 Å². The van der Waals surface area contributed by atoms with Crippen LogP contribution in [-0.4, -0.2) is 61.4 Å². The van der Waals surface area contributed by atoms with Gasteiger partial charge in [-0.25, -0.2) is 17.2 Å². The number of halogens is 2. The van der Waals surface area contributed by atoms with Crippen molar-refractivity contribution in [3.63, 3.8) is 0 Å². The van der Waals surface area contributed by atoms with E-state index in [1.165, 1.54) is 31.3 Å². The average Bonchev–Trinajstić information content (AvgIpc) is 3.03. The zero-order valence-corrected chi connectivity index (χ0v) is 19.0. The molecule has 174 valence electrons. The molecule has 2 aromatic carbocycles. The lowest BCUT2D eigenvalue weighted by atomic mass is 10.2. The van der Waals surface area contributed by atoms with Crippen molar-refractivity contribution >= 4 is 44.9 Å². The first kappa shape index (κ1) is 24.6. The topological polar surface area (TPSA) is 104 Å². The van der Waals surface area contributed by atoms with E-state index in [-0.39, 0.29) is 28.5 Å². The number of rotatable bonds is 8. The zero-order chi connectivity index (χ0) is 24.2. The summed E-state index contributed by atoms with van der Waals surface area (Å²) in [6, 6.07) is 9.99. The molecule has 12 heteroatoms. The van der Waals surface area contributed by atoms with Crippen LogP contribution in [-0.2, 0) is 19.6 Å². The Bertz CT molecular complexity index is 1220. The summed E-state index contributed by atoms with van der Waals surface area (Å²) in [5.74, 6) is -2.39. The van der Waals surface area contributed by atoms with E-state index in [2.05, 4.69) is 5.32 Å². The van der Waals surface area contributed by atoms with Crippen molar-refractivity contribution in [1.82, 2.24) is 14.5 Å². The molecule has 0 aromatic heterocycles. The monoisotopic (exact) mass is 495 g/mol. The summed E-state index contributed by atoms with van der Waals surface area (Å²) in [6.45, 7) is -0.761. The molecule has 0 aliphatic carbocycles. The fraction of sp³-hybridized carbons (Fsp3) is 0.190. The Balaban J connectivity index is 1.54. The lowest BCUT2D eigenvalue weighted by Crippen LogP contribution is -2.42. The molecule has 0 atom stereocenters. The number of imide groups is 1. The molecule has 0 saturated carbocycles.